The largest absolute Gasteiger partial charge is 0.0654 e. The fourth-order valence-electron chi connectivity index (χ4n) is 6.37. The Kier molecular flexibility index (Phi) is 4.63. The van der Waals surface area contributed by atoms with E-state index in [0.29, 0.717) is 16.2 Å². The SMILES string of the molecule is CCCCC1(C)CC2(CC)C(C)CC[C@]2(CC)CC1C. The first kappa shape index (κ1) is 16.4. The molecular formula is C20H38. The maximum Gasteiger partial charge on any atom is -0.0213 e. The maximum atomic E-state index is 2.62. The molecule has 0 saturated heterocycles. The van der Waals surface area contributed by atoms with Crippen LogP contribution < -0.4 is 0 Å². The highest BCUT2D eigenvalue weighted by molar-refractivity contribution is 5.11. The highest BCUT2D eigenvalue weighted by Crippen LogP contribution is 2.71. The summed E-state index contributed by atoms with van der Waals surface area (Å²) in [5, 5.41) is 0. The number of fused-ring (bicyclic) bond motifs is 1. The standard InChI is InChI=1S/C20H38/c1-7-10-12-18(6)15-20(9-3)16(4)11-13-19(20,8-2)14-17(18)5/h16-17H,7-15H2,1-6H3/t16?,17?,18?,19-,20?/m1/s1. The summed E-state index contributed by atoms with van der Waals surface area (Å²) in [4.78, 5) is 0. The zero-order valence-corrected chi connectivity index (χ0v) is 15.0. The third kappa shape index (κ3) is 2.17. The van der Waals surface area contributed by atoms with Crippen LogP contribution in [-0.4, -0.2) is 0 Å². The third-order valence-corrected chi connectivity index (χ3v) is 8.07. The van der Waals surface area contributed by atoms with Gasteiger partial charge in [-0.25, -0.2) is 0 Å². The minimum absolute atomic E-state index is 0.600. The summed E-state index contributed by atoms with van der Waals surface area (Å²) >= 11 is 0. The summed E-state index contributed by atoms with van der Waals surface area (Å²) in [5.41, 5.74) is 1.92. The lowest BCUT2D eigenvalue weighted by atomic mass is 9.45. The second-order valence-corrected chi connectivity index (χ2v) is 8.62. The van der Waals surface area contributed by atoms with Crippen molar-refractivity contribution in [2.24, 2.45) is 28.1 Å². The molecule has 5 atom stereocenters. The first-order valence-electron chi connectivity index (χ1n) is 9.39. The van der Waals surface area contributed by atoms with Crippen LogP contribution in [0.1, 0.15) is 99.3 Å². The van der Waals surface area contributed by atoms with E-state index < -0.39 is 0 Å². The Morgan fingerprint density at radius 2 is 1.70 bits per heavy atom. The molecule has 0 nitrogen and oxygen atoms in total. The van der Waals surface area contributed by atoms with Crippen LogP contribution >= 0.6 is 0 Å². The van der Waals surface area contributed by atoms with E-state index in [4.69, 9.17) is 0 Å². The van der Waals surface area contributed by atoms with Gasteiger partial charge in [-0.3, -0.25) is 0 Å². The predicted molar refractivity (Wildman–Crippen MR) is 89.9 cm³/mol. The molecule has 0 aliphatic heterocycles. The van der Waals surface area contributed by atoms with Crippen molar-refractivity contribution in [2.75, 3.05) is 0 Å². The zero-order chi connectivity index (χ0) is 15.0. The molecule has 2 saturated carbocycles. The fourth-order valence-corrected chi connectivity index (χ4v) is 6.37. The van der Waals surface area contributed by atoms with Crippen molar-refractivity contribution >= 4 is 0 Å². The second-order valence-electron chi connectivity index (χ2n) is 8.62. The molecule has 20 heavy (non-hydrogen) atoms. The van der Waals surface area contributed by atoms with Gasteiger partial charge in [0.15, 0.2) is 0 Å². The lowest BCUT2D eigenvalue weighted by Gasteiger charge is -2.60. The van der Waals surface area contributed by atoms with Crippen molar-refractivity contribution in [2.45, 2.75) is 99.3 Å². The number of hydrogen-bond donors (Lipinski definition) is 0. The van der Waals surface area contributed by atoms with Gasteiger partial charge in [-0.05, 0) is 73.0 Å². The number of rotatable bonds is 5. The van der Waals surface area contributed by atoms with Crippen LogP contribution in [0.3, 0.4) is 0 Å². The molecule has 118 valence electrons. The molecular weight excluding hydrogens is 240 g/mol. The van der Waals surface area contributed by atoms with Gasteiger partial charge >= 0.3 is 0 Å². The van der Waals surface area contributed by atoms with Crippen LogP contribution in [0, 0.1) is 28.1 Å². The number of unbranched alkanes of at least 4 members (excludes halogenated alkanes) is 1. The van der Waals surface area contributed by atoms with Crippen LogP contribution in [0.5, 0.6) is 0 Å². The van der Waals surface area contributed by atoms with E-state index in [0.717, 1.165) is 11.8 Å². The molecule has 0 radical (unpaired) electrons. The monoisotopic (exact) mass is 278 g/mol. The third-order valence-electron chi connectivity index (χ3n) is 8.07. The molecule has 0 N–H and O–H groups in total. The topological polar surface area (TPSA) is 0 Å². The van der Waals surface area contributed by atoms with Crippen LogP contribution in [0.15, 0.2) is 0 Å². The summed E-state index contributed by atoms with van der Waals surface area (Å²) in [6, 6.07) is 0. The van der Waals surface area contributed by atoms with Crippen molar-refractivity contribution in [3.8, 4) is 0 Å². The Balaban J connectivity index is 2.34. The highest BCUT2D eigenvalue weighted by Gasteiger charge is 2.62. The molecule has 0 heteroatoms. The van der Waals surface area contributed by atoms with Crippen molar-refractivity contribution in [3.63, 3.8) is 0 Å². The molecule has 4 unspecified atom stereocenters. The second kappa shape index (κ2) is 5.65. The van der Waals surface area contributed by atoms with Gasteiger partial charge in [0, 0.05) is 0 Å². The molecule has 0 aromatic rings. The van der Waals surface area contributed by atoms with E-state index in [1.807, 2.05) is 0 Å². The van der Waals surface area contributed by atoms with Gasteiger partial charge in [0.05, 0.1) is 0 Å². The van der Waals surface area contributed by atoms with E-state index in [9.17, 15) is 0 Å². The van der Waals surface area contributed by atoms with E-state index in [-0.39, 0.29) is 0 Å². The lowest BCUT2D eigenvalue weighted by molar-refractivity contribution is -0.107. The summed E-state index contributed by atoms with van der Waals surface area (Å²) in [6.45, 7) is 15.1. The maximum absolute atomic E-state index is 2.62. The fraction of sp³-hybridized carbons (Fsp3) is 1.00. The molecule has 0 aromatic heterocycles. The average Bonchev–Trinajstić information content (AvgIpc) is 2.71. The van der Waals surface area contributed by atoms with Gasteiger partial charge in [-0.2, -0.15) is 0 Å². The Hall–Kier alpha value is 0. The van der Waals surface area contributed by atoms with Crippen LogP contribution in [0.25, 0.3) is 0 Å². The van der Waals surface area contributed by atoms with Crippen LogP contribution in [0.4, 0.5) is 0 Å². The van der Waals surface area contributed by atoms with Gasteiger partial charge in [0.1, 0.15) is 0 Å². The van der Waals surface area contributed by atoms with Crippen LogP contribution in [-0.2, 0) is 0 Å². The molecule has 0 amide bonds. The van der Waals surface area contributed by atoms with Gasteiger partial charge in [-0.1, -0.05) is 54.4 Å². The average molecular weight is 279 g/mol. The molecule has 2 rings (SSSR count). The lowest BCUT2D eigenvalue weighted by Crippen LogP contribution is -2.51. The van der Waals surface area contributed by atoms with Gasteiger partial charge in [0.25, 0.3) is 0 Å². The first-order chi connectivity index (χ1) is 9.39. The number of hydrogen-bond acceptors (Lipinski definition) is 0. The van der Waals surface area contributed by atoms with Gasteiger partial charge in [-0.15, -0.1) is 0 Å². The molecule has 0 bridgehead atoms. The van der Waals surface area contributed by atoms with E-state index in [1.54, 1.807) is 0 Å². The molecule has 0 spiro atoms. The van der Waals surface area contributed by atoms with E-state index in [2.05, 4.69) is 41.5 Å². The summed E-state index contributed by atoms with van der Waals surface area (Å²) in [7, 11) is 0. The zero-order valence-electron chi connectivity index (χ0n) is 15.0. The van der Waals surface area contributed by atoms with E-state index in [1.165, 1.54) is 57.8 Å². The van der Waals surface area contributed by atoms with Gasteiger partial charge in [0.2, 0.25) is 0 Å². The molecule has 2 aliphatic rings. The smallest absolute Gasteiger partial charge is 0.0213 e. The summed E-state index contributed by atoms with van der Waals surface area (Å²) in [6.07, 6.45) is 13.1. The molecule has 0 aromatic carbocycles. The van der Waals surface area contributed by atoms with Crippen molar-refractivity contribution < 1.29 is 0 Å². The van der Waals surface area contributed by atoms with Crippen molar-refractivity contribution in [1.82, 2.24) is 0 Å². The Morgan fingerprint density at radius 3 is 2.25 bits per heavy atom. The minimum Gasteiger partial charge on any atom is -0.0654 e. The van der Waals surface area contributed by atoms with Crippen molar-refractivity contribution in [1.29, 1.82) is 0 Å². The Labute approximate surface area is 128 Å². The van der Waals surface area contributed by atoms with Crippen LogP contribution in [0.2, 0.25) is 0 Å². The molecule has 0 heterocycles. The predicted octanol–water partition coefficient (Wildman–Crippen LogP) is 6.84. The van der Waals surface area contributed by atoms with Crippen molar-refractivity contribution in [3.05, 3.63) is 0 Å². The Morgan fingerprint density at radius 1 is 1.00 bits per heavy atom. The van der Waals surface area contributed by atoms with Gasteiger partial charge < -0.3 is 0 Å². The van der Waals surface area contributed by atoms with E-state index >= 15 is 0 Å². The summed E-state index contributed by atoms with van der Waals surface area (Å²) < 4.78 is 0. The quantitative estimate of drug-likeness (QED) is 0.516. The first-order valence-corrected chi connectivity index (χ1v) is 9.39. The normalized spacial score (nSPS) is 48.3. The molecule has 2 fully saturated rings. The highest BCUT2D eigenvalue weighted by atomic mass is 14.7. The summed E-state index contributed by atoms with van der Waals surface area (Å²) in [5.74, 6) is 1.86. The molecule has 2 aliphatic carbocycles. The minimum atomic E-state index is 0.600. The Bertz CT molecular complexity index is 333.